The van der Waals surface area contributed by atoms with Crippen molar-refractivity contribution in [2.24, 2.45) is 0 Å². The SMILES string of the molecule is O=C(O)CSc1nnc2n(Cc3ccc(Cl)cc3)c3ccccc3n12. The quantitative estimate of drug-likeness (QED) is 0.542. The zero-order valence-electron chi connectivity index (χ0n) is 13.0. The number of rotatable bonds is 5. The van der Waals surface area contributed by atoms with E-state index in [9.17, 15) is 4.79 Å². The van der Waals surface area contributed by atoms with E-state index in [0.717, 1.165) is 28.4 Å². The standard InChI is InChI=1S/C17H13ClN4O2S/c18-12-7-5-11(6-8-12)9-21-13-3-1-2-4-14(13)22-16(21)19-20-17(22)25-10-15(23)24/h1-8H,9-10H2,(H,23,24). The Labute approximate surface area is 152 Å². The zero-order chi connectivity index (χ0) is 17.4. The summed E-state index contributed by atoms with van der Waals surface area (Å²) in [6.07, 6.45) is 0. The van der Waals surface area contributed by atoms with Crippen molar-refractivity contribution in [1.82, 2.24) is 19.2 Å². The van der Waals surface area contributed by atoms with E-state index < -0.39 is 5.97 Å². The van der Waals surface area contributed by atoms with Crippen molar-refractivity contribution in [2.75, 3.05) is 5.75 Å². The van der Waals surface area contributed by atoms with Gasteiger partial charge in [0.05, 0.1) is 23.3 Å². The summed E-state index contributed by atoms with van der Waals surface area (Å²) in [7, 11) is 0. The van der Waals surface area contributed by atoms with Gasteiger partial charge in [0.25, 0.3) is 0 Å². The molecule has 6 nitrogen and oxygen atoms in total. The van der Waals surface area contributed by atoms with Crippen molar-refractivity contribution in [2.45, 2.75) is 11.7 Å². The van der Waals surface area contributed by atoms with E-state index in [0.29, 0.717) is 22.5 Å². The Bertz CT molecular complexity index is 1070. The van der Waals surface area contributed by atoms with Crippen LogP contribution in [0.3, 0.4) is 0 Å². The number of aromatic nitrogens is 4. The molecular formula is C17H13ClN4O2S. The molecule has 0 aliphatic heterocycles. The summed E-state index contributed by atoms with van der Waals surface area (Å²) in [6.45, 7) is 0.621. The number of para-hydroxylation sites is 2. The first-order valence-corrected chi connectivity index (χ1v) is 8.91. The summed E-state index contributed by atoms with van der Waals surface area (Å²) < 4.78 is 3.97. The minimum atomic E-state index is -0.883. The second-order valence-electron chi connectivity index (χ2n) is 5.50. The lowest BCUT2D eigenvalue weighted by Crippen LogP contribution is -2.00. The van der Waals surface area contributed by atoms with Crippen molar-refractivity contribution in [3.63, 3.8) is 0 Å². The van der Waals surface area contributed by atoms with Gasteiger partial charge in [-0.25, -0.2) is 0 Å². The van der Waals surface area contributed by atoms with Crippen LogP contribution in [0.5, 0.6) is 0 Å². The Kier molecular flexibility index (Phi) is 4.10. The van der Waals surface area contributed by atoms with E-state index in [2.05, 4.69) is 14.8 Å². The van der Waals surface area contributed by atoms with Crippen LogP contribution in [-0.2, 0) is 11.3 Å². The molecule has 4 rings (SSSR count). The minimum absolute atomic E-state index is 0.0581. The Balaban J connectivity index is 1.84. The van der Waals surface area contributed by atoms with E-state index in [-0.39, 0.29) is 5.75 Å². The van der Waals surface area contributed by atoms with Gasteiger partial charge in [-0.1, -0.05) is 47.6 Å². The number of halogens is 1. The molecule has 0 saturated carbocycles. The molecule has 8 heteroatoms. The molecule has 4 aromatic rings. The third-order valence-corrected chi connectivity index (χ3v) is 5.02. The highest BCUT2D eigenvalue weighted by Crippen LogP contribution is 2.26. The van der Waals surface area contributed by atoms with Crippen LogP contribution in [0.4, 0.5) is 0 Å². The number of imidazole rings is 1. The van der Waals surface area contributed by atoms with Crippen molar-refractivity contribution in [1.29, 1.82) is 0 Å². The van der Waals surface area contributed by atoms with Crippen LogP contribution in [-0.4, -0.2) is 36.0 Å². The smallest absolute Gasteiger partial charge is 0.313 e. The van der Waals surface area contributed by atoms with Crippen LogP contribution in [0.15, 0.2) is 53.7 Å². The van der Waals surface area contributed by atoms with E-state index in [1.807, 2.05) is 52.9 Å². The van der Waals surface area contributed by atoms with Crippen molar-refractivity contribution in [3.8, 4) is 0 Å². The third kappa shape index (κ3) is 2.96. The number of nitrogens with zero attached hydrogens (tertiary/aromatic N) is 4. The molecule has 25 heavy (non-hydrogen) atoms. The number of thioether (sulfide) groups is 1. The summed E-state index contributed by atoms with van der Waals surface area (Å²) in [5.41, 5.74) is 3.05. The first-order chi connectivity index (χ1) is 12.1. The second-order valence-corrected chi connectivity index (χ2v) is 6.88. The maximum Gasteiger partial charge on any atom is 0.313 e. The topological polar surface area (TPSA) is 72.4 Å². The van der Waals surface area contributed by atoms with Crippen LogP contribution in [0.25, 0.3) is 16.8 Å². The van der Waals surface area contributed by atoms with Gasteiger partial charge in [-0.15, -0.1) is 10.2 Å². The average Bonchev–Trinajstić information content (AvgIpc) is 3.15. The molecule has 0 fully saturated rings. The van der Waals surface area contributed by atoms with Crippen molar-refractivity contribution >= 4 is 46.1 Å². The maximum atomic E-state index is 10.9. The average molecular weight is 373 g/mol. The fourth-order valence-corrected chi connectivity index (χ4v) is 3.57. The molecule has 0 amide bonds. The van der Waals surface area contributed by atoms with Gasteiger partial charge in [-0.2, -0.15) is 0 Å². The van der Waals surface area contributed by atoms with Crippen molar-refractivity contribution in [3.05, 3.63) is 59.1 Å². The molecule has 0 spiro atoms. The first kappa shape index (κ1) is 16.0. The normalized spacial score (nSPS) is 11.4. The van der Waals surface area contributed by atoms with Gasteiger partial charge in [0.1, 0.15) is 0 Å². The molecule has 126 valence electrons. The molecule has 0 radical (unpaired) electrons. The molecule has 2 aromatic carbocycles. The number of hydrogen-bond donors (Lipinski definition) is 1. The van der Waals surface area contributed by atoms with Crippen LogP contribution >= 0.6 is 23.4 Å². The number of hydrogen-bond acceptors (Lipinski definition) is 4. The van der Waals surface area contributed by atoms with Gasteiger partial charge < -0.3 is 9.67 Å². The summed E-state index contributed by atoms with van der Waals surface area (Å²) >= 11 is 7.12. The van der Waals surface area contributed by atoms with Gasteiger partial charge in [0, 0.05) is 5.02 Å². The van der Waals surface area contributed by atoms with Gasteiger partial charge in [-0.3, -0.25) is 9.20 Å². The summed E-state index contributed by atoms with van der Waals surface area (Å²) in [6, 6.07) is 15.6. The highest BCUT2D eigenvalue weighted by atomic mass is 35.5. The molecule has 2 heterocycles. The molecular weight excluding hydrogens is 360 g/mol. The fourth-order valence-electron chi connectivity index (χ4n) is 2.79. The van der Waals surface area contributed by atoms with Gasteiger partial charge in [-0.05, 0) is 29.8 Å². The number of carbonyl (C=O) groups is 1. The zero-order valence-corrected chi connectivity index (χ0v) is 14.5. The molecule has 2 aromatic heterocycles. The number of aliphatic carboxylic acids is 1. The first-order valence-electron chi connectivity index (χ1n) is 7.55. The Morgan fingerprint density at radius 2 is 1.80 bits per heavy atom. The lowest BCUT2D eigenvalue weighted by Gasteiger charge is -2.05. The van der Waals surface area contributed by atoms with E-state index in [4.69, 9.17) is 16.7 Å². The van der Waals surface area contributed by atoms with Crippen molar-refractivity contribution < 1.29 is 9.90 Å². The fraction of sp³-hybridized carbons (Fsp3) is 0.118. The number of benzene rings is 2. The molecule has 0 atom stereocenters. The predicted octanol–water partition coefficient (Wildman–Crippen LogP) is 3.56. The molecule has 0 aliphatic rings. The molecule has 0 bridgehead atoms. The number of fused-ring (bicyclic) bond motifs is 3. The minimum Gasteiger partial charge on any atom is -0.481 e. The monoisotopic (exact) mass is 372 g/mol. The van der Waals surface area contributed by atoms with Crippen LogP contribution in [0.1, 0.15) is 5.56 Å². The summed E-state index contributed by atoms with van der Waals surface area (Å²) in [4.78, 5) is 10.9. The molecule has 0 aliphatic carbocycles. The predicted molar refractivity (Wildman–Crippen MR) is 97.4 cm³/mol. The number of carboxylic acids is 1. The second kappa shape index (κ2) is 6.42. The van der Waals surface area contributed by atoms with Crippen LogP contribution < -0.4 is 0 Å². The summed E-state index contributed by atoms with van der Waals surface area (Å²) in [5.74, 6) is -0.256. The van der Waals surface area contributed by atoms with Gasteiger partial charge in [0.15, 0.2) is 5.16 Å². The van der Waals surface area contributed by atoms with Crippen LogP contribution in [0.2, 0.25) is 5.02 Å². The Morgan fingerprint density at radius 3 is 2.52 bits per heavy atom. The lowest BCUT2D eigenvalue weighted by molar-refractivity contribution is -0.133. The maximum absolute atomic E-state index is 10.9. The highest BCUT2D eigenvalue weighted by Gasteiger charge is 2.17. The third-order valence-electron chi connectivity index (χ3n) is 3.85. The summed E-state index contributed by atoms with van der Waals surface area (Å²) in [5, 5.41) is 18.6. The Morgan fingerprint density at radius 1 is 1.08 bits per heavy atom. The highest BCUT2D eigenvalue weighted by molar-refractivity contribution is 7.99. The van der Waals surface area contributed by atoms with E-state index >= 15 is 0 Å². The largest absolute Gasteiger partial charge is 0.481 e. The van der Waals surface area contributed by atoms with Crippen LogP contribution in [0, 0.1) is 0 Å². The van der Waals surface area contributed by atoms with E-state index in [1.54, 1.807) is 0 Å². The molecule has 0 unspecified atom stereocenters. The molecule has 1 N–H and O–H groups in total. The van der Waals surface area contributed by atoms with E-state index in [1.165, 1.54) is 0 Å². The Hall–Kier alpha value is -2.51. The molecule has 0 saturated heterocycles. The lowest BCUT2D eigenvalue weighted by atomic mass is 10.2. The van der Waals surface area contributed by atoms with Gasteiger partial charge in [0.2, 0.25) is 5.78 Å². The van der Waals surface area contributed by atoms with Gasteiger partial charge >= 0.3 is 5.97 Å². The number of carboxylic acid groups (broad SMARTS) is 1.